The maximum atomic E-state index is 12.9. The van der Waals surface area contributed by atoms with E-state index >= 15 is 0 Å². The van der Waals surface area contributed by atoms with Gasteiger partial charge in [-0.15, -0.1) is 11.3 Å². The van der Waals surface area contributed by atoms with Crippen molar-refractivity contribution in [1.82, 2.24) is 14.5 Å². The van der Waals surface area contributed by atoms with E-state index in [1.807, 2.05) is 46.9 Å². The summed E-state index contributed by atoms with van der Waals surface area (Å²) in [6.45, 7) is 3.02. The summed E-state index contributed by atoms with van der Waals surface area (Å²) in [5.74, 6) is 0.691. The Labute approximate surface area is 202 Å². The number of carbonyl (C=O) groups excluding carboxylic acids is 2. The molecule has 2 amide bonds. The van der Waals surface area contributed by atoms with Gasteiger partial charge in [-0.05, 0) is 43.0 Å². The number of anilines is 1. The molecule has 1 aliphatic heterocycles. The average Bonchev–Trinajstić information content (AvgIpc) is 3.50. The summed E-state index contributed by atoms with van der Waals surface area (Å²) in [6, 6.07) is 9.92. The molecule has 176 valence electrons. The number of nitrogens with zero attached hydrogens (tertiary/aromatic N) is 4. The van der Waals surface area contributed by atoms with Crippen molar-refractivity contribution in [2.45, 2.75) is 45.2 Å². The molecule has 0 radical (unpaired) electrons. The van der Waals surface area contributed by atoms with Crippen LogP contribution >= 0.6 is 11.3 Å². The van der Waals surface area contributed by atoms with Gasteiger partial charge in [-0.3, -0.25) is 9.59 Å². The van der Waals surface area contributed by atoms with Crippen molar-refractivity contribution >= 4 is 28.2 Å². The molecular weight excluding hydrogens is 450 g/mol. The Morgan fingerprint density at radius 2 is 2.24 bits per heavy atom. The van der Waals surface area contributed by atoms with Crippen molar-refractivity contribution in [1.29, 1.82) is 5.26 Å². The zero-order chi connectivity index (χ0) is 24.1. The van der Waals surface area contributed by atoms with Gasteiger partial charge in [0.1, 0.15) is 16.8 Å². The molecule has 1 aromatic carbocycles. The van der Waals surface area contributed by atoms with E-state index in [9.17, 15) is 14.9 Å². The molecule has 1 unspecified atom stereocenters. The first-order valence-electron chi connectivity index (χ1n) is 11.2. The summed E-state index contributed by atoms with van der Waals surface area (Å²) in [5, 5.41) is 13.2. The number of rotatable bonds is 8. The second-order valence-electron chi connectivity index (χ2n) is 8.35. The van der Waals surface area contributed by atoms with Crippen molar-refractivity contribution < 1.29 is 14.3 Å². The molecule has 0 fully saturated rings. The Bertz CT molecular complexity index is 1210. The molecule has 4 rings (SSSR count). The maximum absolute atomic E-state index is 12.9. The molecule has 0 aliphatic carbocycles. The zero-order valence-electron chi connectivity index (χ0n) is 19.3. The first-order chi connectivity index (χ1) is 16.5. The van der Waals surface area contributed by atoms with Gasteiger partial charge in [-0.25, -0.2) is 4.98 Å². The molecular formula is C25H27N5O3S. The number of aromatic nitrogens is 2. The summed E-state index contributed by atoms with van der Waals surface area (Å²) >= 11 is 1.40. The summed E-state index contributed by atoms with van der Waals surface area (Å²) in [5.41, 5.74) is 2.48. The quantitative estimate of drug-likeness (QED) is 0.530. The Morgan fingerprint density at radius 3 is 2.97 bits per heavy atom. The number of hydrogen-bond donors (Lipinski definition) is 1. The third-order valence-corrected chi connectivity index (χ3v) is 7.19. The zero-order valence-corrected chi connectivity index (χ0v) is 20.1. The number of nitriles is 1. The van der Waals surface area contributed by atoms with Crippen LogP contribution in [0.1, 0.15) is 47.4 Å². The Morgan fingerprint density at radius 1 is 1.38 bits per heavy atom. The van der Waals surface area contributed by atoms with Crippen molar-refractivity contribution in [3.8, 4) is 11.8 Å². The molecule has 2 aromatic heterocycles. The van der Waals surface area contributed by atoms with Crippen LogP contribution in [-0.2, 0) is 29.0 Å². The van der Waals surface area contributed by atoms with Gasteiger partial charge < -0.3 is 19.5 Å². The normalized spacial score (nSPS) is 13.6. The number of thiophene rings is 1. The number of nitrogens with one attached hydrogen (secondary N) is 1. The summed E-state index contributed by atoms with van der Waals surface area (Å²) < 4.78 is 7.15. The van der Waals surface area contributed by atoms with Gasteiger partial charge >= 0.3 is 0 Å². The molecule has 0 bridgehead atoms. The molecule has 0 saturated heterocycles. The van der Waals surface area contributed by atoms with Crippen molar-refractivity contribution in [2.75, 3.05) is 19.0 Å². The predicted molar refractivity (Wildman–Crippen MR) is 130 cm³/mol. The van der Waals surface area contributed by atoms with E-state index < -0.39 is 0 Å². The summed E-state index contributed by atoms with van der Waals surface area (Å²) in [6.07, 6.45) is 7.15. The SMILES string of the molecule is COc1cccc(CCC(=O)Nc2sc3c(c2C#N)CCN(C(=O)CC(C)n2ccnc2)C3)c1. The smallest absolute Gasteiger partial charge is 0.225 e. The molecule has 8 nitrogen and oxygen atoms in total. The number of imidazole rings is 1. The number of fused-ring (bicyclic) bond motifs is 1. The highest BCUT2D eigenvalue weighted by Crippen LogP contribution is 2.37. The first-order valence-corrected chi connectivity index (χ1v) is 12.0. The molecule has 1 N–H and O–H groups in total. The third kappa shape index (κ3) is 5.29. The molecule has 1 atom stereocenters. The van der Waals surface area contributed by atoms with E-state index in [1.165, 1.54) is 11.3 Å². The third-order valence-electron chi connectivity index (χ3n) is 6.05. The Balaban J connectivity index is 1.38. The number of benzene rings is 1. The summed E-state index contributed by atoms with van der Waals surface area (Å²) in [4.78, 5) is 32.3. The highest BCUT2D eigenvalue weighted by molar-refractivity contribution is 7.16. The van der Waals surface area contributed by atoms with Gasteiger partial charge in [-0.2, -0.15) is 5.26 Å². The number of ether oxygens (including phenoxy) is 1. The number of amides is 2. The van der Waals surface area contributed by atoms with Gasteiger partial charge in [0.15, 0.2) is 0 Å². The van der Waals surface area contributed by atoms with E-state index in [0.29, 0.717) is 49.3 Å². The molecule has 34 heavy (non-hydrogen) atoms. The van der Waals surface area contributed by atoms with Crippen LogP contribution in [0.2, 0.25) is 0 Å². The Kier molecular flexibility index (Phi) is 7.28. The van der Waals surface area contributed by atoms with E-state index in [1.54, 1.807) is 19.6 Å². The maximum Gasteiger partial charge on any atom is 0.225 e. The van der Waals surface area contributed by atoms with E-state index in [4.69, 9.17) is 4.74 Å². The fourth-order valence-electron chi connectivity index (χ4n) is 4.12. The van der Waals surface area contributed by atoms with Crippen LogP contribution < -0.4 is 10.1 Å². The Hall–Kier alpha value is -3.64. The van der Waals surface area contributed by atoms with Crippen LogP contribution in [0.4, 0.5) is 5.00 Å². The lowest BCUT2D eigenvalue weighted by Crippen LogP contribution is -2.36. The first kappa shape index (κ1) is 23.5. The van der Waals surface area contributed by atoms with Crippen molar-refractivity contribution in [3.05, 3.63) is 64.6 Å². The van der Waals surface area contributed by atoms with Crippen LogP contribution in [0, 0.1) is 11.3 Å². The fourth-order valence-corrected chi connectivity index (χ4v) is 5.34. The molecule has 9 heteroatoms. The topological polar surface area (TPSA) is 100 Å². The largest absolute Gasteiger partial charge is 0.497 e. The van der Waals surface area contributed by atoms with Crippen LogP contribution in [0.15, 0.2) is 43.0 Å². The standard InChI is InChI=1S/C25H27N5O3S/c1-17(30-11-9-27-16-30)12-24(32)29-10-8-20-21(14-26)25(34-22(20)15-29)28-23(31)7-6-18-4-3-5-19(13-18)33-2/h3-5,9,11,13,16-17H,6-8,10,12,15H2,1-2H3,(H,28,31). The van der Waals surface area contributed by atoms with Crippen molar-refractivity contribution in [3.63, 3.8) is 0 Å². The van der Waals surface area contributed by atoms with Gasteiger partial charge in [-0.1, -0.05) is 12.1 Å². The van der Waals surface area contributed by atoms with Crippen LogP contribution in [-0.4, -0.2) is 39.9 Å². The van der Waals surface area contributed by atoms with Crippen LogP contribution in [0.5, 0.6) is 5.75 Å². The monoisotopic (exact) mass is 477 g/mol. The minimum Gasteiger partial charge on any atom is -0.497 e. The van der Waals surface area contributed by atoms with E-state index in [2.05, 4.69) is 16.4 Å². The highest BCUT2D eigenvalue weighted by atomic mass is 32.1. The molecule has 0 spiro atoms. The lowest BCUT2D eigenvalue weighted by Gasteiger charge is -2.28. The lowest BCUT2D eigenvalue weighted by atomic mass is 10.0. The lowest BCUT2D eigenvalue weighted by molar-refractivity contribution is -0.132. The molecule has 3 heterocycles. The number of hydrogen-bond acceptors (Lipinski definition) is 6. The highest BCUT2D eigenvalue weighted by Gasteiger charge is 2.28. The second-order valence-corrected chi connectivity index (χ2v) is 9.45. The van der Waals surface area contributed by atoms with E-state index in [-0.39, 0.29) is 17.9 Å². The second kappa shape index (κ2) is 10.5. The number of carbonyl (C=O) groups is 2. The van der Waals surface area contributed by atoms with Crippen LogP contribution in [0.25, 0.3) is 0 Å². The predicted octanol–water partition coefficient (Wildman–Crippen LogP) is 3.93. The molecule has 3 aromatic rings. The minimum atomic E-state index is -0.139. The van der Waals surface area contributed by atoms with Gasteiger partial charge in [0.25, 0.3) is 0 Å². The average molecular weight is 478 g/mol. The van der Waals surface area contributed by atoms with Gasteiger partial charge in [0.2, 0.25) is 11.8 Å². The molecule has 0 saturated carbocycles. The number of aryl methyl sites for hydroxylation is 1. The van der Waals surface area contributed by atoms with Gasteiger partial charge in [0.05, 0.1) is 25.5 Å². The van der Waals surface area contributed by atoms with E-state index in [0.717, 1.165) is 21.8 Å². The minimum absolute atomic E-state index is 0.0221. The van der Waals surface area contributed by atoms with Gasteiger partial charge in [0, 0.05) is 42.7 Å². The summed E-state index contributed by atoms with van der Waals surface area (Å²) in [7, 11) is 1.61. The van der Waals surface area contributed by atoms with Crippen molar-refractivity contribution in [2.24, 2.45) is 0 Å². The molecule has 1 aliphatic rings. The van der Waals surface area contributed by atoms with Crippen LogP contribution in [0.3, 0.4) is 0 Å². The fraction of sp³-hybridized carbons (Fsp3) is 0.360. The number of methoxy groups -OCH3 is 1.